The lowest BCUT2D eigenvalue weighted by molar-refractivity contribution is -0.138. The summed E-state index contributed by atoms with van der Waals surface area (Å²) in [6, 6.07) is 3.40. The number of pyridine rings is 1. The molecule has 0 spiro atoms. The second-order valence-electron chi connectivity index (χ2n) is 5.66. The van der Waals surface area contributed by atoms with Gasteiger partial charge < -0.3 is 16.2 Å². The molecule has 0 aliphatic heterocycles. The summed E-state index contributed by atoms with van der Waals surface area (Å²) in [5.41, 5.74) is 6.72. The van der Waals surface area contributed by atoms with E-state index in [9.17, 15) is 9.59 Å². The Morgan fingerprint density at radius 1 is 1.38 bits per heavy atom. The van der Waals surface area contributed by atoms with Gasteiger partial charge in [-0.25, -0.2) is 0 Å². The molecule has 6 nitrogen and oxygen atoms in total. The first-order chi connectivity index (χ1) is 9.86. The van der Waals surface area contributed by atoms with Crippen LogP contribution in [0.3, 0.4) is 0 Å². The number of nitrogen functional groups attached to an aromatic ring is 1. The minimum Gasteiger partial charge on any atom is -0.481 e. The van der Waals surface area contributed by atoms with Crippen molar-refractivity contribution in [3.05, 3.63) is 24.0 Å². The van der Waals surface area contributed by atoms with Crippen LogP contribution >= 0.6 is 0 Å². The van der Waals surface area contributed by atoms with Gasteiger partial charge in [0.15, 0.2) is 0 Å². The lowest BCUT2D eigenvalue weighted by Gasteiger charge is -2.17. The van der Waals surface area contributed by atoms with Gasteiger partial charge in [-0.2, -0.15) is 0 Å². The van der Waals surface area contributed by atoms with E-state index in [1.807, 2.05) is 13.8 Å². The van der Waals surface area contributed by atoms with E-state index in [2.05, 4.69) is 10.3 Å². The highest BCUT2D eigenvalue weighted by Crippen LogP contribution is 2.14. The molecular formula is C15H23N3O3. The molecular weight excluding hydrogens is 270 g/mol. The number of carboxylic acid groups (broad SMARTS) is 1. The molecule has 21 heavy (non-hydrogen) atoms. The number of nitrogens with one attached hydrogen (secondary N) is 1. The molecule has 0 bridgehead atoms. The zero-order valence-electron chi connectivity index (χ0n) is 12.5. The minimum absolute atomic E-state index is 0.0502. The Kier molecular flexibility index (Phi) is 6.65. The number of carboxylic acids is 1. The number of aromatic nitrogens is 1. The van der Waals surface area contributed by atoms with Crippen LogP contribution in [-0.2, 0) is 16.0 Å². The third-order valence-corrected chi connectivity index (χ3v) is 3.05. The molecule has 0 aliphatic rings. The first kappa shape index (κ1) is 16.9. The Hall–Kier alpha value is -2.11. The lowest BCUT2D eigenvalue weighted by Crippen LogP contribution is -2.32. The van der Waals surface area contributed by atoms with Gasteiger partial charge in [-0.05, 0) is 30.4 Å². The maximum absolute atomic E-state index is 11.8. The predicted molar refractivity (Wildman–Crippen MR) is 80.6 cm³/mol. The summed E-state index contributed by atoms with van der Waals surface area (Å²) in [6.45, 7) is 4.45. The molecule has 1 amide bonds. The number of nitrogens with two attached hydrogens (primary N) is 1. The van der Waals surface area contributed by atoms with Crippen LogP contribution in [0.2, 0.25) is 0 Å². The van der Waals surface area contributed by atoms with Crippen LogP contribution in [0.25, 0.3) is 0 Å². The number of rotatable bonds is 8. The SMILES string of the molecule is CC(C)C[C@H](CNC(=O)Cc1ccc(N)cn1)CC(=O)O. The minimum atomic E-state index is -0.838. The Morgan fingerprint density at radius 3 is 2.62 bits per heavy atom. The van der Waals surface area contributed by atoms with Crippen molar-refractivity contribution in [3.63, 3.8) is 0 Å². The molecule has 1 rings (SSSR count). The number of carbonyl (C=O) groups is 2. The van der Waals surface area contributed by atoms with E-state index in [1.54, 1.807) is 12.1 Å². The third kappa shape index (κ3) is 7.29. The molecule has 116 valence electrons. The van der Waals surface area contributed by atoms with Crippen molar-refractivity contribution in [2.45, 2.75) is 33.1 Å². The van der Waals surface area contributed by atoms with Crippen molar-refractivity contribution in [2.75, 3.05) is 12.3 Å². The lowest BCUT2D eigenvalue weighted by atomic mass is 9.94. The van der Waals surface area contributed by atoms with Crippen molar-refractivity contribution in [3.8, 4) is 0 Å². The van der Waals surface area contributed by atoms with Crippen LogP contribution in [0.4, 0.5) is 5.69 Å². The highest BCUT2D eigenvalue weighted by molar-refractivity contribution is 5.78. The van der Waals surface area contributed by atoms with Crippen molar-refractivity contribution in [1.29, 1.82) is 0 Å². The predicted octanol–water partition coefficient (Wildman–Crippen LogP) is 1.46. The van der Waals surface area contributed by atoms with Crippen molar-refractivity contribution in [2.24, 2.45) is 11.8 Å². The Morgan fingerprint density at radius 2 is 2.10 bits per heavy atom. The summed E-state index contributed by atoms with van der Waals surface area (Å²) in [5, 5.41) is 11.7. The fourth-order valence-electron chi connectivity index (χ4n) is 2.18. The molecule has 0 saturated heterocycles. The van der Waals surface area contributed by atoms with E-state index < -0.39 is 5.97 Å². The van der Waals surface area contributed by atoms with Gasteiger partial charge in [-0.1, -0.05) is 13.8 Å². The smallest absolute Gasteiger partial charge is 0.303 e. The molecule has 0 unspecified atom stereocenters. The zero-order chi connectivity index (χ0) is 15.8. The first-order valence-electron chi connectivity index (χ1n) is 7.05. The molecule has 1 atom stereocenters. The second-order valence-corrected chi connectivity index (χ2v) is 5.66. The monoisotopic (exact) mass is 293 g/mol. The quantitative estimate of drug-likeness (QED) is 0.673. The van der Waals surface area contributed by atoms with E-state index in [0.717, 1.165) is 6.42 Å². The maximum Gasteiger partial charge on any atom is 0.303 e. The van der Waals surface area contributed by atoms with E-state index in [4.69, 9.17) is 10.8 Å². The van der Waals surface area contributed by atoms with Crippen LogP contribution in [0.1, 0.15) is 32.4 Å². The van der Waals surface area contributed by atoms with Crippen molar-refractivity contribution >= 4 is 17.6 Å². The van der Waals surface area contributed by atoms with Crippen molar-refractivity contribution in [1.82, 2.24) is 10.3 Å². The van der Waals surface area contributed by atoms with E-state index in [0.29, 0.717) is 23.8 Å². The van der Waals surface area contributed by atoms with Crippen LogP contribution in [0.5, 0.6) is 0 Å². The van der Waals surface area contributed by atoms with Crippen LogP contribution in [0.15, 0.2) is 18.3 Å². The summed E-state index contributed by atoms with van der Waals surface area (Å²) < 4.78 is 0. The van der Waals surface area contributed by atoms with Gasteiger partial charge in [0.05, 0.1) is 18.3 Å². The maximum atomic E-state index is 11.8. The van der Waals surface area contributed by atoms with Gasteiger partial charge in [0.2, 0.25) is 5.91 Å². The van der Waals surface area contributed by atoms with E-state index >= 15 is 0 Å². The number of amides is 1. The second kappa shape index (κ2) is 8.24. The summed E-state index contributed by atoms with van der Waals surface area (Å²) >= 11 is 0. The average Bonchev–Trinajstić information content (AvgIpc) is 2.37. The molecule has 1 heterocycles. The highest BCUT2D eigenvalue weighted by atomic mass is 16.4. The van der Waals surface area contributed by atoms with Gasteiger partial charge >= 0.3 is 5.97 Å². The number of nitrogens with zero attached hydrogens (tertiary/aromatic N) is 1. The topological polar surface area (TPSA) is 105 Å². The molecule has 0 aromatic carbocycles. The molecule has 1 aromatic rings. The molecule has 0 fully saturated rings. The normalized spacial score (nSPS) is 12.1. The summed E-state index contributed by atoms with van der Waals surface area (Å²) in [4.78, 5) is 26.7. The van der Waals surface area contributed by atoms with Crippen molar-refractivity contribution < 1.29 is 14.7 Å². The number of aliphatic carboxylic acids is 1. The highest BCUT2D eigenvalue weighted by Gasteiger charge is 2.16. The Bertz CT molecular complexity index is 472. The van der Waals surface area contributed by atoms with Gasteiger partial charge in [0, 0.05) is 18.7 Å². The molecule has 0 aliphatic carbocycles. The first-order valence-corrected chi connectivity index (χ1v) is 7.05. The molecule has 6 heteroatoms. The summed E-state index contributed by atoms with van der Waals surface area (Å²) in [6.07, 6.45) is 2.52. The zero-order valence-corrected chi connectivity index (χ0v) is 12.5. The third-order valence-electron chi connectivity index (χ3n) is 3.05. The fourth-order valence-corrected chi connectivity index (χ4v) is 2.18. The van der Waals surface area contributed by atoms with Crippen LogP contribution in [0, 0.1) is 11.8 Å². The molecule has 0 radical (unpaired) electrons. The number of hydrogen-bond donors (Lipinski definition) is 3. The van der Waals surface area contributed by atoms with Gasteiger partial charge in [0.1, 0.15) is 0 Å². The number of hydrogen-bond acceptors (Lipinski definition) is 4. The average molecular weight is 293 g/mol. The number of carbonyl (C=O) groups excluding carboxylic acids is 1. The van der Waals surface area contributed by atoms with E-state index in [-0.39, 0.29) is 24.7 Å². The molecule has 0 saturated carbocycles. The molecule has 1 aromatic heterocycles. The largest absolute Gasteiger partial charge is 0.481 e. The van der Waals surface area contributed by atoms with Gasteiger partial charge in [0.25, 0.3) is 0 Å². The van der Waals surface area contributed by atoms with Crippen LogP contribution in [-0.4, -0.2) is 28.5 Å². The summed E-state index contributed by atoms with van der Waals surface area (Å²) in [7, 11) is 0. The van der Waals surface area contributed by atoms with Gasteiger partial charge in [-0.3, -0.25) is 14.6 Å². The number of anilines is 1. The Labute approximate surface area is 124 Å². The van der Waals surface area contributed by atoms with E-state index in [1.165, 1.54) is 6.20 Å². The Balaban J connectivity index is 2.44. The fraction of sp³-hybridized carbons (Fsp3) is 0.533. The van der Waals surface area contributed by atoms with Crippen LogP contribution < -0.4 is 11.1 Å². The standard InChI is InChI=1S/C15H23N3O3/c1-10(2)5-11(6-15(20)21)8-18-14(19)7-13-4-3-12(16)9-17-13/h3-4,9-11H,5-8,16H2,1-2H3,(H,18,19)(H,20,21)/t11-/m0/s1. The molecule has 4 N–H and O–H groups in total. The van der Waals surface area contributed by atoms with Gasteiger partial charge in [-0.15, -0.1) is 0 Å². The summed E-state index contributed by atoms with van der Waals surface area (Å²) in [5.74, 6) is -0.655.